The molecule has 0 aliphatic heterocycles. The van der Waals surface area contributed by atoms with Gasteiger partial charge in [-0.25, -0.2) is 4.39 Å². The van der Waals surface area contributed by atoms with Crippen molar-refractivity contribution >= 4 is 0 Å². The molecule has 2 atom stereocenters. The number of nitrogens with one attached hydrogen (secondary N) is 1. The molecule has 2 nitrogen and oxygen atoms in total. The number of benzene rings is 1. The molecule has 0 aliphatic rings. The molecule has 2 unspecified atom stereocenters. The van der Waals surface area contributed by atoms with Crippen LogP contribution in [0.3, 0.4) is 0 Å². The van der Waals surface area contributed by atoms with Gasteiger partial charge in [0.1, 0.15) is 5.82 Å². The lowest BCUT2D eigenvalue weighted by atomic mass is 10.1. The Bertz CT molecular complexity index is 317. The quantitative estimate of drug-likeness (QED) is 0.780. The SMILES string of the molecule is CCC(CCO)NC(C)c1cccc(F)c1. The number of halogens is 1. The van der Waals surface area contributed by atoms with Crippen LogP contribution in [0, 0.1) is 5.82 Å². The highest BCUT2D eigenvalue weighted by Gasteiger charge is 2.11. The molecular weight excluding hydrogens is 205 g/mol. The highest BCUT2D eigenvalue weighted by molar-refractivity contribution is 5.19. The van der Waals surface area contributed by atoms with Crippen molar-refractivity contribution in [3.8, 4) is 0 Å². The molecule has 0 saturated heterocycles. The molecule has 1 aromatic carbocycles. The molecule has 1 aromatic rings. The number of hydrogen-bond acceptors (Lipinski definition) is 2. The predicted octanol–water partition coefficient (Wildman–Crippen LogP) is 2.64. The van der Waals surface area contributed by atoms with Crippen molar-refractivity contribution in [2.75, 3.05) is 6.61 Å². The first-order chi connectivity index (χ1) is 7.67. The summed E-state index contributed by atoms with van der Waals surface area (Å²) < 4.78 is 13.0. The van der Waals surface area contributed by atoms with E-state index >= 15 is 0 Å². The minimum atomic E-state index is -0.207. The summed E-state index contributed by atoms with van der Waals surface area (Å²) in [6, 6.07) is 7.00. The first kappa shape index (κ1) is 13.1. The van der Waals surface area contributed by atoms with Gasteiger partial charge in [0.05, 0.1) is 0 Å². The fourth-order valence-electron chi connectivity index (χ4n) is 1.79. The van der Waals surface area contributed by atoms with Gasteiger partial charge >= 0.3 is 0 Å². The molecule has 0 heterocycles. The van der Waals surface area contributed by atoms with Gasteiger partial charge in [-0.15, -0.1) is 0 Å². The third-order valence-electron chi connectivity index (χ3n) is 2.80. The Hall–Kier alpha value is -0.930. The zero-order chi connectivity index (χ0) is 12.0. The van der Waals surface area contributed by atoms with Crippen molar-refractivity contribution in [3.63, 3.8) is 0 Å². The van der Waals surface area contributed by atoms with Crippen LogP contribution in [-0.4, -0.2) is 17.8 Å². The van der Waals surface area contributed by atoms with E-state index in [-0.39, 0.29) is 24.5 Å². The van der Waals surface area contributed by atoms with E-state index in [0.29, 0.717) is 0 Å². The van der Waals surface area contributed by atoms with Crippen LogP contribution in [0.2, 0.25) is 0 Å². The van der Waals surface area contributed by atoms with Crippen LogP contribution in [0.4, 0.5) is 4.39 Å². The Labute approximate surface area is 96.5 Å². The fraction of sp³-hybridized carbons (Fsp3) is 0.538. The summed E-state index contributed by atoms with van der Waals surface area (Å²) in [5.74, 6) is -0.207. The number of aliphatic hydroxyl groups excluding tert-OH is 1. The lowest BCUT2D eigenvalue weighted by Crippen LogP contribution is -2.31. The smallest absolute Gasteiger partial charge is 0.123 e. The van der Waals surface area contributed by atoms with Gasteiger partial charge in [0.15, 0.2) is 0 Å². The minimum absolute atomic E-state index is 0.104. The highest BCUT2D eigenvalue weighted by Crippen LogP contribution is 2.15. The van der Waals surface area contributed by atoms with Gasteiger partial charge in [0.2, 0.25) is 0 Å². The van der Waals surface area contributed by atoms with Gasteiger partial charge in [-0.05, 0) is 37.5 Å². The van der Waals surface area contributed by atoms with E-state index in [2.05, 4.69) is 12.2 Å². The number of hydrogen-bond donors (Lipinski definition) is 2. The molecule has 1 rings (SSSR count). The summed E-state index contributed by atoms with van der Waals surface area (Å²) in [6.07, 6.45) is 1.69. The summed E-state index contributed by atoms with van der Waals surface area (Å²) >= 11 is 0. The third-order valence-corrected chi connectivity index (χ3v) is 2.80. The van der Waals surface area contributed by atoms with E-state index in [1.54, 1.807) is 12.1 Å². The van der Waals surface area contributed by atoms with E-state index in [1.807, 2.05) is 13.0 Å². The monoisotopic (exact) mass is 225 g/mol. The molecule has 0 fully saturated rings. The molecule has 0 saturated carbocycles. The van der Waals surface area contributed by atoms with Crippen molar-refractivity contribution < 1.29 is 9.50 Å². The Morgan fingerprint density at radius 2 is 2.19 bits per heavy atom. The molecule has 0 amide bonds. The highest BCUT2D eigenvalue weighted by atomic mass is 19.1. The van der Waals surface area contributed by atoms with Crippen molar-refractivity contribution in [1.82, 2.24) is 5.32 Å². The number of rotatable bonds is 6. The Morgan fingerprint density at radius 3 is 2.75 bits per heavy atom. The Morgan fingerprint density at radius 1 is 1.44 bits per heavy atom. The molecule has 16 heavy (non-hydrogen) atoms. The second-order valence-corrected chi connectivity index (χ2v) is 4.06. The Kier molecular flexibility index (Phi) is 5.43. The lowest BCUT2D eigenvalue weighted by molar-refractivity contribution is 0.257. The lowest BCUT2D eigenvalue weighted by Gasteiger charge is -2.22. The van der Waals surface area contributed by atoms with Crippen LogP contribution in [0.5, 0.6) is 0 Å². The molecule has 0 bridgehead atoms. The third kappa shape index (κ3) is 3.91. The fourth-order valence-corrected chi connectivity index (χ4v) is 1.79. The second-order valence-electron chi connectivity index (χ2n) is 4.06. The first-order valence-corrected chi connectivity index (χ1v) is 5.79. The summed E-state index contributed by atoms with van der Waals surface area (Å²) in [7, 11) is 0. The van der Waals surface area contributed by atoms with Crippen LogP contribution in [0.25, 0.3) is 0 Å². The number of aliphatic hydroxyl groups is 1. The molecule has 2 N–H and O–H groups in total. The average Bonchev–Trinajstić information content (AvgIpc) is 2.28. The predicted molar refractivity (Wildman–Crippen MR) is 63.7 cm³/mol. The molecular formula is C13H20FNO. The summed E-state index contributed by atoms with van der Waals surface area (Å²) in [5.41, 5.74) is 0.941. The molecule has 90 valence electrons. The standard InChI is InChI=1S/C13H20FNO/c1-3-13(7-8-16)15-10(2)11-5-4-6-12(14)9-11/h4-6,9-10,13,15-16H,3,7-8H2,1-2H3. The largest absolute Gasteiger partial charge is 0.396 e. The summed E-state index contributed by atoms with van der Waals surface area (Å²) in [5, 5.41) is 12.3. The first-order valence-electron chi connectivity index (χ1n) is 5.79. The summed E-state index contributed by atoms with van der Waals surface area (Å²) in [6.45, 7) is 4.27. The van der Waals surface area contributed by atoms with Gasteiger partial charge in [-0.2, -0.15) is 0 Å². The maximum Gasteiger partial charge on any atom is 0.123 e. The summed E-state index contributed by atoms with van der Waals surface area (Å²) in [4.78, 5) is 0. The minimum Gasteiger partial charge on any atom is -0.396 e. The van der Waals surface area contributed by atoms with Gasteiger partial charge in [-0.1, -0.05) is 19.1 Å². The Balaban J connectivity index is 2.60. The molecule has 0 aromatic heterocycles. The van der Waals surface area contributed by atoms with Crippen LogP contribution in [-0.2, 0) is 0 Å². The van der Waals surface area contributed by atoms with E-state index in [4.69, 9.17) is 5.11 Å². The van der Waals surface area contributed by atoms with Crippen molar-refractivity contribution in [1.29, 1.82) is 0 Å². The van der Waals surface area contributed by atoms with Crippen LogP contribution < -0.4 is 5.32 Å². The molecule has 0 spiro atoms. The van der Waals surface area contributed by atoms with Crippen LogP contribution >= 0.6 is 0 Å². The molecule has 0 aliphatic carbocycles. The van der Waals surface area contributed by atoms with Crippen molar-refractivity contribution in [2.24, 2.45) is 0 Å². The van der Waals surface area contributed by atoms with Gasteiger partial charge in [0, 0.05) is 18.7 Å². The topological polar surface area (TPSA) is 32.3 Å². The van der Waals surface area contributed by atoms with E-state index < -0.39 is 0 Å². The van der Waals surface area contributed by atoms with Crippen molar-refractivity contribution in [2.45, 2.75) is 38.8 Å². The zero-order valence-electron chi connectivity index (χ0n) is 9.91. The van der Waals surface area contributed by atoms with E-state index in [0.717, 1.165) is 18.4 Å². The molecule has 3 heteroatoms. The van der Waals surface area contributed by atoms with Crippen LogP contribution in [0.1, 0.15) is 38.3 Å². The van der Waals surface area contributed by atoms with Gasteiger partial charge < -0.3 is 10.4 Å². The maximum absolute atomic E-state index is 13.0. The maximum atomic E-state index is 13.0. The normalized spacial score (nSPS) is 14.8. The second kappa shape index (κ2) is 6.61. The molecule has 0 radical (unpaired) electrons. The van der Waals surface area contributed by atoms with Gasteiger partial charge in [-0.3, -0.25) is 0 Å². The zero-order valence-corrected chi connectivity index (χ0v) is 9.91. The van der Waals surface area contributed by atoms with E-state index in [1.165, 1.54) is 6.07 Å². The van der Waals surface area contributed by atoms with Crippen LogP contribution in [0.15, 0.2) is 24.3 Å². The van der Waals surface area contributed by atoms with E-state index in [9.17, 15) is 4.39 Å². The average molecular weight is 225 g/mol. The van der Waals surface area contributed by atoms with Crippen molar-refractivity contribution in [3.05, 3.63) is 35.6 Å². The van der Waals surface area contributed by atoms with Gasteiger partial charge in [0.25, 0.3) is 0 Å².